The van der Waals surface area contributed by atoms with Gasteiger partial charge in [0.25, 0.3) is 0 Å². The SMILES string of the molecule is Cc1cnc(C(=O)[O-])o1.[Li+]. The molecule has 1 aromatic heterocycles. The number of carbonyl (C=O) groups excluding carboxylic acids is 1. The maximum absolute atomic E-state index is 9.95. The Kier molecular flexibility index (Phi) is 3.20. The number of nitrogens with zero attached hydrogens (tertiary/aromatic N) is 1. The summed E-state index contributed by atoms with van der Waals surface area (Å²) in [5, 5.41) is 9.95. The van der Waals surface area contributed by atoms with Crippen molar-refractivity contribution >= 4 is 5.97 Å². The molecule has 48 valence electrons. The minimum absolute atomic E-state index is 0. The molecule has 0 N–H and O–H groups in total. The number of hydrogen-bond donors (Lipinski definition) is 0. The topological polar surface area (TPSA) is 66.2 Å². The van der Waals surface area contributed by atoms with Crippen molar-refractivity contribution in [1.82, 2.24) is 4.98 Å². The number of carbonyl (C=O) groups is 1. The van der Waals surface area contributed by atoms with Crippen LogP contribution in [0.15, 0.2) is 10.6 Å². The van der Waals surface area contributed by atoms with Gasteiger partial charge < -0.3 is 14.3 Å². The Morgan fingerprint density at radius 2 is 2.40 bits per heavy atom. The summed E-state index contributed by atoms with van der Waals surface area (Å²) in [6.07, 6.45) is 1.32. The quantitative estimate of drug-likeness (QED) is 0.370. The van der Waals surface area contributed by atoms with Crippen molar-refractivity contribution in [3.63, 3.8) is 0 Å². The molecular weight excluding hydrogens is 129 g/mol. The average molecular weight is 133 g/mol. The van der Waals surface area contributed by atoms with E-state index < -0.39 is 5.97 Å². The van der Waals surface area contributed by atoms with Crippen molar-refractivity contribution in [2.45, 2.75) is 6.92 Å². The predicted octanol–water partition coefficient (Wildman–Crippen LogP) is -3.65. The van der Waals surface area contributed by atoms with Gasteiger partial charge in [0.15, 0.2) is 0 Å². The van der Waals surface area contributed by atoms with Gasteiger partial charge in [-0.2, -0.15) is 0 Å². The fraction of sp³-hybridized carbons (Fsp3) is 0.200. The zero-order valence-corrected chi connectivity index (χ0v) is 5.75. The van der Waals surface area contributed by atoms with Crippen LogP contribution >= 0.6 is 0 Å². The van der Waals surface area contributed by atoms with Crippen molar-refractivity contribution in [3.05, 3.63) is 17.8 Å². The molecule has 1 rings (SSSR count). The van der Waals surface area contributed by atoms with E-state index in [1.165, 1.54) is 6.20 Å². The second-order valence-electron chi connectivity index (χ2n) is 1.56. The average Bonchev–Trinajstić information content (AvgIpc) is 2.14. The van der Waals surface area contributed by atoms with E-state index in [9.17, 15) is 9.90 Å². The van der Waals surface area contributed by atoms with Gasteiger partial charge in [-0.15, -0.1) is 0 Å². The number of hydrogen-bond acceptors (Lipinski definition) is 4. The van der Waals surface area contributed by atoms with Crippen LogP contribution in [0.5, 0.6) is 0 Å². The molecule has 0 bridgehead atoms. The molecule has 1 aromatic rings. The van der Waals surface area contributed by atoms with E-state index >= 15 is 0 Å². The van der Waals surface area contributed by atoms with E-state index in [4.69, 9.17) is 0 Å². The first-order chi connectivity index (χ1) is 4.20. The molecule has 0 aliphatic carbocycles. The first kappa shape index (κ1) is 9.28. The van der Waals surface area contributed by atoms with Gasteiger partial charge >= 0.3 is 18.9 Å². The standard InChI is InChI=1S/C5H5NO3.Li/c1-3-2-6-4(9-3)5(7)8;/h2H,1H3,(H,7,8);/q;+1/p-1. The van der Waals surface area contributed by atoms with Crippen LogP contribution in [0, 0.1) is 6.92 Å². The summed E-state index contributed by atoms with van der Waals surface area (Å²) < 4.78 is 4.57. The number of oxazole rings is 1. The summed E-state index contributed by atoms with van der Waals surface area (Å²) in [6.45, 7) is 1.61. The maximum atomic E-state index is 9.95. The molecular formula is C5H4LiNO3. The second-order valence-corrected chi connectivity index (χ2v) is 1.56. The molecule has 0 aliphatic heterocycles. The van der Waals surface area contributed by atoms with Crippen LogP contribution in [0.3, 0.4) is 0 Å². The van der Waals surface area contributed by atoms with E-state index in [1.807, 2.05) is 0 Å². The number of aromatic nitrogens is 1. The molecule has 0 aliphatic rings. The van der Waals surface area contributed by atoms with Crippen LogP contribution in [0.2, 0.25) is 0 Å². The van der Waals surface area contributed by atoms with Crippen molar-refractivity contribution in [1.29, 1.82) is 0 Å². The number of rotatable bonds is 1. The zero-order chi connectivity index (χ0) is 6.85. The summed E-state index contributed by atoms with van der Waals surface area (Å²) in [5.74, 6) is -1.29. The van der Waals surface area contributed by atoms with Gasteiger partial charge in [0.2, 0.25) is 5.89 Å². The predicted molar refractivity (Wildman–Crippen MR) is 25.6 cm³/mol. The van der Waals surface area contributed by atoms with Gasteiger partial charge in [-0.25, -0.2) is 4.98 Å². The Bertz CT molecular complexity index is 233. The number of aryl methyl sites for hydroxylation is 1. The van der Waals surface area contributed by atoms with Crippen LogP contribution in [-0.4, -0.2) is 11.0 Å². The van der Waals surface area contributed by atoms with Crippen molar-refractivity contribution in [2.24, 2.45) is 0 Å². The second kappa shape index (κ2) is 3.45. The smallest absolute Gasteiger partial charge is 0.540 e. The number of carboxylic acids is 1. The third-order valence-electron chi connectivity index (χ3n) is 0.796. The first-order valence-electron chi connectivity index (χ1n) is 2.34. The van der Waals surface area contributed by atoms with Crippen LogP contribution in [0.4, 0.5) is 0 Å². The normalized spacial score (nSPS) is 8.50. The third kappa shape index (κ3) is 1.90. The maximum Gasteiger partial charge on any atom is 1.00 e. The Morgan fingerprint density at radius 1 is 1.80 bits per heavy atom. The van der Waals surface area contributed by atoms with Crippen molar-refractivity contribution < 1.29 is 33.2 Å². The molecule has 5 heteroatoms. The number of carboxylic acid groups (broad SMARTS) is 1. The van der Waals surface area contributed by atoms with Crippen LogP contribution in [-0.2, 0) is 0 Å². The van der Waals surface area contributed by atoms with Gasteiger partial charge in [0.05, 0.1) is 6.20 Å². The van der Waals surface area contributed by atoms with Crippen LogP contribution in [0.1, 0.15) is 16.4 Å². The van der Waals surface area contributed by atoms with Gasteiger partial charge in [-0.1, -0.05) is 0 Å². The van der Waals surface area contributed by atoms with E-state index in [0.717, 1.165) is 0 Å². The fourth-order valence-corrected chi connectivity index (χ4v) is 0.449. The molecule has 10 heavy (non-hydrogen) atoms. The largest absolute Gasteiger partial charge is 1.00 e. The molecule has 0 spiro atoms. The molecule has 0 saturated carbocycles. The Morgan fingerprint density at radius 3 is 2.60 bits per heavy atom. The van der Waals surface area contributed by atoms with Crippen molar-refractivity contribution in [2.75, 3.05) is 0 Å². The Labute approximate surface area is 69.4 Å². The molecule has 0 unspecified atom stereocenters. The Hall–Kier alpha value is -0.723. The zero-order valence-electron chi connectivity index (χ0n) is 5.75. The van der Waals surface area contributed by atoms with Gasteiger partial charge in [0, 0.05) is 0 Å². The molecule has 0 amide bonds. The minimum atomic E-state index is -1.39. The first-order valence-corrected chi connectivity index (χ1v) is 2.34. The minimum Gasteiger partial charge on any atom is -0.540 e. The van der Waals surface area contributed by atoms with E-state index in [1.54, 1.807) is 6.92 Å². The van der Waals surface area contributed by atoms with Gasteiger partial charge in [-0.3, -0.25) is 0 Å². The summed E-state index contributed by atoms with van der Waals surface area (Å²) in [5.41, 5.74) is 0. The third-order valence-corrected chi connectivity index (χ3v) is 0.796. The van der Waals surface area contributed by atoms with Gasteiger partial charge in [-0.05, 0) is 6.92 Å². The summed E-state index contributed by atoms with van der Waals surface area (Å²) in [7, 11) is 0. The van der Waals surface area contributed by atoms with E-state index in [0.29, 0.717) is 5.76 Å². The summed E-state index contributed by atoms with van der Waals surface area (Å²) in [6, 6.07) is 0. The summed E-state index contributed by atoms with van der Waals surface area (Å²) in [4.78, 5) is 13.3. The molecule has 4 nitrogen and oxygen atoms in total. The molecule has 0 atom stereocenters. The Balaban J connectivity index is 0.000000810. The van der Waals surface area contributed by atoms with Crippen LogP contribution in [0.25, 0.3) is 0 Å². The van der Waals surface area contributed by atoms with E-state index in [2.05, 4.69) is 9.40 Å². The summed E-state index contributed by atoms with van der Waals surface area (Å²) >= 11 is 0. The molecule has 0 saturated heterocycles. The number of aromatic carboxylic acids is 1. The molecule has 0 aromatic carbocycles. The fourth-order valence-electron chi connectivity index (χ4n) is 0.449. The molecule has 0 fully saturated rings. The van der Waals surface area contributed by atoms with Crippen LogP contribution < -0.4 is 24.0 Å². The monoisotopic (exact) mass is 133 g/mol. The van der Waals surface area contributed by atoms with Crippen molar-refractivity contribution in [3.8, 4) is 0 Å². The molecule has 0 radical (unpaired) electrons. The molecule has 1 heterocycles. The van der Waals surface area contributed by atoms with E-state index in [-0.39, 0.29) is 24.8 Å². The van der Waals surface area contributed by atoms with Gasteiger partial charge in [0.1, 0.15) is 11.7 Å².